The highest BCUT2D eigenvalue weighted by Gasteiger charge is 2.37. The van der Waals surface area contributed by atoms with E-state index >= 15 is 0 Å². The molecule has 2 aromatic carbocycles. The highest BCUT2D eigenvalue weighted by molar-refractivity contribution is 8.24. The van der Waals surface area contributed by atoms with Crippen molar-refractivity contribution in [3.63, 3.8) is 0 Å². The Morgan fingerprint density at radius 1 is 0.692 bits per heavy atom. The molecule has 10 rings (SSSR count). The molecule has 4 saturated heterocycles. The quantitative estimate of drug-likeness (QED) is 0.0729. The van der Waals surface area contributed by atoms with Gasteiger partial charge in [0.05, 0.1) is 64.6 Å². The van der Waals surface area contributed by atoms with Crippen LogP contribution < -0.4 is 19.2 Å². The number of phosphoric ester groups is 1. The molecule has 422 valence electrons. The van der Waals surface area contributed by atoms with Gasteiger partial charge in [-0.15, -0.1) is 0 Å². The topological polar surface area (TPSA) is 304 Å². The van der Waals surface area contributed by atoms with Crippen molar-refractivity contribution in [1.29, 1.82) is 0 Å². The van der Waals surface area contributed by atoms with Crippen molar-refractivity contribution < 1.29 is 55.0 Å². The first-order valence-electron chi connectivity index (χ1n) is 24.0. The van der Waals surface area contributed by atoms with Gasteiger partial charge in [-0.3, -0.25) is 28.1 Å². The standard InChI is InChI=1S/C23H28ClN6O7PS.C22H25ClN6O4S.Cl3OP/c1-14-11-30-21(25-22(14)28-12-16(13-28)37-38(32,33)34)10-19(26-30)20-5-3-4-8-29(20)23(31)17-9-15(24)6-7-18(17)27-39(2,35)36;1-34(32,33)26-17-6-5-14(23)10-16(17)22(31)28-8-3-2-4-19(28)18-11-21-24-20(7-9-29(21)25-18)27-12-15(30)13-27;1-5(2,3)4/h6-7,9-11,16,20,27H,3-5,8,12-13H2,1-2H3,(H2,32,33,34);5-7,9-11,15,19,26,30H,2-4,8,12-13H2,1H3;/t20-;19-;/m00./s1. The molecule has 5 N–H and O–H groups in total. The lowest BCUT2D eigenvalue weighted by Gasteiger charge is -2.40. The van der Waals surface area contributed by atoms with Gasteiger partial charge < -0.3 is 34.5 Å². The number of amides is 2. The fourth-order valence-corrected chi connectivity index (χ4v) is 11.5. The molecule has 33 heteroatoms. The van der Waals surface area contributed by atoms with Gasteiger partial charge in [0.2, 0.25) is 20.0 Å². The lowest BCUT2D eigenvalue weighted by atomic mass is 9.98. The Kier molecular flexibility index (Phi) is 18.3. The molecular weight excluding hydrogens is 1200 g/mol. The van der Waals surface area contributed by atoms with Crippen LogP contribution in [0.15, 0.2) is 67.0 Å². The number of aromatic nitrogens is 6. The molecule has 2 amide bonds. The Balaban J connectivity index is 0.000000191. The van der Waals surface area contributed by atoms with E-state index in [-0.39, 0.29) is 52.5 Å². The molecule has 4 fully saturated rings. The summed E-state index contributed by atoms with van der Waals surface area (Å²) in [5, 5.41) is 16.4. The summed E-state index contributed by atoms with van der Waals surface area (Å²) in [5.41, 5.74) is 4.12. The van der Waals surface area contributed by atoms with Crippen molar-refractivity contribution in [1.82, 2.24) is 39.0 Å². The predicted molar refractivity (Wildman–Crippen MR) is 298 cm³/mol. The minimum atomic E-state index is -4.56. The average Bonchev–Trinajstić information content (AvgIpc) is 3.99. The van der Waals surface area contributed by atoms with Crippen LogP contribution >= 0.6 is 69.9 Å². The van der Waals surface area contributed by atoms with Gasteiger partial charge >= 0.3 is 13.0 Å². The van der Waals surface area contributed by atoms with Crippen LogP contribution in [0.2, 0.25) is 10.0 Å². The summed E-state index contributed by atoms with van der Waals surface area (Å²) in [6, 6.07) is 13.9. The zero-order valence-electron chi connectivity index (χ0n) is 41.7. The predicted octanol–water partition coefficient (Wildman–Crippen LogP) is 7.84. The number of β-amino-alcohol motifs (C(OH)–C–C–N with tert-alkyl or cyclic N) is 1. The monoisotopic (exact) mass is 1250 g/mol. The van der Waals surface area contributed by atoms with Crippen LogP contribution in [0.3, 0.4) is 0 Å². The summed E-state index contributed by atoms with van der Waals surface area (Å²) in [4.78, 5) is 62.1. The van der Waals surface area contributed by atoms with E-state index < -0.39 is 39.2 Å². The summed E-state index contributed by atoms with van der Waals surface area (Å²) < 4.78 is 81.0. The van der Waals surface area contributed by atoms with Crippen LogP contribution in [0.5, 0.6) is 0 Å². The number of fused-ring (bicyclic) bond motifs is 2. The number of rotatable bonds is 12. The Hall–Kier alpha value is -4.53. The molecule has 24 nitrogen and oxygen atoms in total. The summed E-state index contributed by atoms with van der Waals surface area (Å²) in [6.45, 7) is 4.56. The average molecular weight is 1260 g/mol. The number of benzene rings is 2. The van der Waals surface area contributed by atoms with Gasteiger partial charge in [-0.05, 0) is 122 Å². The third-order valence-corrected chi connectivity index (χ3v) is 15.0. The maximum Gasteiger partial charge on any atom is 0.469 e. The van der Waals surface area contributed by atoms with Gasteiger partial charge in [0.1, 0.15) is 17.7 Å². The van der Waals surface area contributed by atoms with Crippen LogP contribution in [0, 0.1) is 6.92 Å². The lowest BCUT2D eigenvalue weighted by molar-refractivity contribution is 0.0600. The van der Waals surface area contributed by atoms with Crippen molar-refractivity contribution in [3.05, 3.63) is 105 Å². The van der Waals surface area contributed by atoms with E-state index in [1.54, 1.807) is 24.9 Å². The zero-order valence-corrected chi connectivity index (χ0v) is 48.9. The molecule has 4 aliphatic rings. The molecule has 8 heterocycles. The van der Waals surface area contributed by atoms with Crippen molar-refractivity contribution >= 4 is 136 Å². The lowest BCUT2D eigenvalue weighted by Crippen LogP contribution is -2.52. The number of nitrogens with zero attached hydrogens (tertiary/aromatic N) is 10. The second-order valence-corrected chi connectivity index (χ2v) is 31.2. The van der Waals surface area contributed by atoms with Gasteiger partial charge in [0.25, 0.3) is 11.8 Å². The molecule has 0 spiro atoms. The fourth-order valence-electron chi connectivity index (χ4n) is 9.48. The number of halogens is 5. The molecule has 0 radical (unpaired) electrons. The number of phosphoric acid groups is 1. The van der Waals surface area contributed by atoms with Crippen LogP contribution in [0.4, 0.5) is 23.0 Å². The molecule has 0 aliphatic carbocycles. The summed E-state index contributed by atoms with van der Waals surface area (Å²) >= 11 is 26.2. The third kappa shape index (κ3) is 15.5. The number of aliphatic hydroxyl groups is 1. The molecule has 0 unspecified atom stereocenters. The highest BCUT2D eigenvalue weighted by atomic mass is 36.0. The highest BCUT2D eigenvalue weighted by Crippen LogP contribution is 2.61. The van der Waals surface area contributed by atoms with Gasteiger partial charge in [0.15, 0.2) is 11.3 Å². The van der Waals surface area contributed by atoms with E-state index in [1.165, 1.54) is 30.3 Å². The number of aliphatic hydroxyl groups excluding tert-OH is 1. The van der Waals surface area contributed by atoms with E-state index in [4.69, 9.17) is 47.6 Å². The number of carbonyl (C=O) groups excluding carboxylic acids is 2. The Labute approximate surface area is 473 Å². The van der Waals surface area contributed by atoms with Crippen LogP contribution in [0.1, 0.15) is 88.3 Å². The van der Waals surface area contributed by atoms with Crippen molar-refractivity contribution in [3.8, 4) is 0 Å². The number of nitrogens with one attached hydrogen (secondary N) is 2. The van der Waals surface area contributed by atoms with Crippen LogP contribution in [0.25, 0.3) is 11.3 Å². The number of piperidine rings is 2. The molecule has 0 saturated carbocycles. The van der Waals surface area contributed by atoms with Crippen LogP contribution in [-0.4, -0.2) is 147 Å². The molecule has 4 aromatic heterocycles. The summed E-state index contributed by atoms with van der Waals surface area (Å²) in [6.07, 6.45) is 9.65. The molecule has 78 heavy (non-hydrogen) atoms. The van der Waals surface area contributed by atoms with E-state index in [9.17, 15) is 40.7 Å². The number of sulfonamides is 2. The van der Waals surface area contributed by atoms with Crippen LogP contribution in [-0.2, 0) is 33.7 Å². The van der Waals surface area contributed by atoms with Crippen molar-refractivity contribution in [2.24, 2.45) is 0 Å². The zero-order chi connectivity index (χ0) is 56.6. The molecule has 4 aliphatic heterocycles. The van der Waals surface area contributed by atoms with Gasteiger partial charge in [-0.2, -0.15) is 10.2 Å². The SMILES string of the molecule is CS(=O)(=O)Nc1ccc(Cl)cc1C(=O)N1CCCC[C@H]1c1cc2nc(N3CC(O)C3)ccn2n1.Cc1cn2nc([C@@H]3CCCCN3C(=O)c3cc(Cl)ccc3NS(C)(=O)=O)cc2nc1N1CC(OP(=O)(O)O)C1.O=P(Cl)(Cl)Cl. The summed E-state index contributed by atoms with van der Waals surface area (Å²) in [7, 11) is -11.8. The minimum absolute atomic E-state index is 0.156. The van der Waals surface area contributed by atoms with Gasteiger partial charge in [-0.25, -0.2) is 40.4 Å². The van der Waals surface area contributed by atoms with E-state index in [0.29, 0.717) is 78.5 Å². The number of hydrogen-bond acceptors (Lipinski definition) is 16. The second kappa shape index (κ2) is 23.9. The largest absolute Gasteiger partial charge is 0.469 e. The number of carbonyl (C=O) groups is 2. The first-order valence-corrected chi connectivity index (χ1v) is 34.4. The third-order valence-electron chi connectivity index (χ3n) is 12.8. The smallest absolute Gasteiger partial charge is 0.389 e. The van der Waals surface area contributed by atoms with E-state index in [2.05, 4.69) is 53.2 Å². The van der Waals surface area contributed by atoms with Crippen molar-refractivity contribution in [2.75, 3.05) is 71.0 Å². The molecule has 2 atom stereocenters. The Morgan fingerprint density at radius 2 is 1.17 bits per heavy atom. The second-order valence-electron chi connectivity index (χ2n) is 19.0. The molecular formula is C45H53Cl5N12O12P2S2. The van der Waals surface area contributed by atoms with Crippen molar-refractivity contribution in [2.45, 2.75) is 69.7 Å². The Bertz CT molecular complexity index is 3570. The number of anilines is 4. The van der Waals surface area contributed by atoms with Gasteiger partial charge in [0, 0.05) is 79.4 Å². The van der Waals surface area contributed by atoms with Gasteiger partial charge in [-0.1, -0.05) is 23.2 Å². The molecule has 6 aromatic rings. The first kappa shape index (κ1) is 59.6. The maximum atomic E-state index is 13.7. The fraction of sp³-hybridized carbons (Fsp3) is 0.422. The van der Waals surface area contributed by atoms with E-state index in [0.717, 1.165) is 61.7 Å². The maximum absolute atomic E-state index is 13.7. The Morgan fingerprint density at radius 3 is 1.63 bits per heavy atom. The summed E-state index contributed by atoms with van der Waals surface area (Å²) in [5.74, 6) is 0.772. The number of hydrogen-bond donors (Lipinski definition) is 5. The number of likely N-dealkylation sites (tertiary alicyclic amines) is 2. The van der Waals surface area contributed by atoms with E-state index in [1.807, 2.05) is 47.3 Å². The minimum Gasteiger partial charge on any atom is -0.389 e. The molecule has 0 bridgehead atoms. The number of aryl methyl sites for hydroxylation is 1. The normalized spacial score (nSPS) is 18.6. The first-order chi connectivity index (χ1) is 36.4.